The van der Waals surface area contributed by atoms with Crippen molar-refractivity contribution in [2.24, 2.45) is 0 Å². The summed E-state index contributed by atoms with van der Waals surface area (Å²) in [5.74, 6) is -0.00491. The van der Waals surface area contributed by atoms with E-state index in [-0.39, 0.29) is 5.78 Å². The van der Waals surface area contributed by atoms with Crippen molar-refractivity contribution in [1.82, 2.24) is 0 Å². The minimum Gasteiger partial charge on any atom is -0.386 e. The van der Waals surface area contributed by atoms with Crippen molar-refractivity contribution in [3.63, 3.8) is 0 Å². The molecule has 0 bridgehead atoms. The van der Waals surface area contributed by atoms with Gasteiger partial charge in [-0.3, -0.25) is 4.79 Å². The van der Waals surface area contributed by atoms with E-state index in [4.69, 9.17) is 5.11 Å². The van der Waals surface area contributed by atoms with Crippen LogP contribution in [0.2, 0.25) is 0 Å². The minimum absolute atomic E-state index is 0.00491. The number of aliphatic hydroxyl groups excluding tert-OH is 1. The van der Waals surface area contributed by atoms with Crippen molar-refractivity contribution in [3.05, 3.63) is 0 Å². The zero-order valence-corrected chi connectivity index (χ0v) is 15.2. The van der Waals surface area contributed by atoms with E-state index in [9.17, 15) is 4.79 Å². The maximum Gasteiger partial charge on any atom is 0.160 e. The van der Waals surface area contributed by atoms with Crippen molar-refractivity contribution >= 4 is 5.78 Å². The van der Waals surface area contributed by atoms with Crippen LogP contribution >= 0.6 is 0 Å². The second-order valence-corrected chi connectivity index (χ2v) is 6.84. The molecule has 1 atom stereocenters. The summed E-state index contributed by atoms with van der Waals surface area (Å²) in [6.07, 6.45) is 19.9. The molecule has 0 amide bonds. The highest BCUT2D eigenvalue weighted by Gasteiger charge is 2.07. The average molecular weight is 313 g/mol. The molecule has 2 heteroatoms. The van der Waals surface area contributed by atoms with Gasteiger partial charge in [0, 0.05) is 6.42 Å². The number of aliphatic hydroxyl groups is 1. The molecule has 0 aliphatic rings. The molecule has 0 radical (unpaired) electrons. The van der Waals surface area contributed by atoms with Gasteiger partial charge in [0.05, 0.1) is 0 Å². The Hall–Kier alpha value is -0.370. The van der Waals surface area contributed by atoms with E-state index < -0.39 is 6.10 Å². The molecule has 0 spiro atoms. The smallest absolute Gasteiger partial charge is 0.160 e. The largest absolute Gasteiger partial charge is 0.386 e. The zero-order chi connectivity index (χ0) is 16.5. The fourth-order valence-electron chi connectivity index (χ4n) is 2.88. The van der Waals surface area contributed by atoms with Gasteiger partial charge in [0.25, 0.3) is 0 Å². The third kappa shape index (κ3) is 16.0. The predicted octanol–water partition coefficient (Wildman–Crippen LogP) is 6.20. The topological polar surface area (TPSA) is 37.3 Å². The molecule has 0 fully saturated rings. The van der Waals surface area contributed by atoms with Crippen LogP contribution in [-0.4, -0.2) is 17.0 Å². The molecule has 2 nitrogen and oxygen atoms in total. The van der Waals surface area contributed by atoms with Gasteiger partial charge < -0.3 is 5.11 Å². The first-order valence-electron chi connectivity index (χ1n) is 9.89. The van der Waals surface area contributed by atoms with Crippen LogP contribution in [0.25, 0.3) is 0 Å². The molecule has 0 aliphatic carbocycles. The first-order chi connectivity index (χ1) is 10.7. The fourth-order valence-corrected chi connectivity index (χ4v) is 2.88. The molecule has 0 aromatic heterocycles. The third-order valence-corrected chi connectivity index (χ3v) is 4.49. The van der Waals surface area contributed by atoms with Crippen molar-refractivity contribution in [2.45, 2.75) is 123 Å². The second kappa shape index (κ2) is 17.0. The lowest BCUT2D eigenvalue weighted by Crippen LogP contribution is -2.15. The van der Waals surface area contributed by atoms with Gasteiger partial charge in [-0.1, -0.05) is 96.8 Å². The van der Waals surface area contributed by atoms with E-state index in [1.54, 1.807) is 6.92 Å². The van der Waals surface area contributed by atoms with Gasteiger partial charge in [-0.05, 0) is 13.3 Å². The van der Waals surface area contributed by atoms with Crippen molar-refractivity contribution in [2.75, 3.05) is 0 Å². The van der Waals surface area contributed by atoms with Gasteiger partial charge in [0.2, 0.25) is 0 Å². The maximum atomic E-state index is 11.2. The van der Waals surface area contributed by atoms with E-state index in [0.29, 0.717) is 6.42 Å². The predicted molar refractivity (Wildman–Crippen MR) is 96.2 cm³/mol. The quantitative estimate of drug-likeness (QED) is 0.325. The van der Waals surface area contributed by atoms with Crippen LogP contribution in [0.3, 0.4) is 0 Å². The number of unbranched alkanes of at least 4 members (excludes halogenated alkanes) is 14. The van der Waals surface area contributed by atoms with Crippen molar-refractivity contribution in [1.29, 1.82) is 0 Å². The second-order valence-electron chi connectivity index (χ2n) is 6.84. The summed E-state index contributed by atoms with van der Waals surface area (Å²) in [7, 11) is 0. The van der Waals surface area contributed by atoms with Crippen molar-refractivity contribution < 1.29 is 9.90 Å². The highest BCUT2D eigenvalue weighted by atomic mass is 16.3. The number of Topliss-reactive ketones (excluding diaryl/α,β-unsaturated/α-hetero) is 1. The lowest BCUT2D eigenvalue weighted by molar-refractivity contribution is -0.126. The number of ketones is 1. The number of rotatable bonds is 17. The first kappa shape index (κ1) is 21.6. The van der Waals surface area contributed by atoms with Gasteiger partial charge in [-0.15, -0.1) is 0 Å². The zero-order valence-electron chi connectivity index (χ0n) is 15.2. The molecule has 0 aromatic carbocycles. The number of carbonyl (C=O) groups is 1. The van der Waals surface area contributed by atoms with Gasteiger partial charge in [0.1, 0.15) is 6.10 Å². The maximum absolute atomic E-state index is 11.2. The van der Waals surface area contributed by atoms with Crippen molar-refractivity contribution in [3.8, 4) is 0 Å². The Bertz CT molecular complexity index is 236. The molecule has 0 rings (SSSR count). The minimum atomic E-state index is -0.772. The number of hydrogen-bond acceptors (Lipinski definition) is 2. The molecular formula is C20H40O2. The lowest BCUT2D eigenvalue weighted by atomic mass is 10.0. The Balaban J connectivity index is 3.04. The van der Waals surface area contributed by atoms with Crippen LogP contribution < -0.4 is 0 Å². The molecule has 1 unspecified atom stereocenters. The summed E-state index contributed by atoms with van der Waals surface area (Å²) in [4.78, 5) is 11.2. The normalized spacial score (nSPS) is 12.5. The lowest BCUT2D eigenvalue weighted by Gasteiger charge is -2.04. The molecule has 0 saturated heterocycles. The summed E-state index contributed by atoms with van der Waals surface area (Å²) in [5.41, 5.74) is 0. The summed E-state index contributed by atoms with van der Waals surface area (Å²) in [6.45, 7) is 3.84. The highest BCUT2D eigenvalue weighted by molar-refractivity contribution is 5.82. The first-order valence-corrected chi connectivity index (χ1v) is 9.89. The monoisotopic (exact) mass is 312 g/mol. The molecule has 132 valence electrons. The Kier molecular flexibility index (Phi) is 16.7. The molecule has 0 aliphatic heterocycles. The summed E-state index contributed by atoms with van der Waals surface area (Å²) < 4.78 is 0. The van der Waals surface area contributed by atoms with Gasteiger partial charge in [-0.2, -0.15) is 0 Å². The molecular weight excluding hydrogens is 272 g/mol. The standard InChI is InChI=1S/C20H40O2/c1-3-4-5-6-7-8-9-10-11-12-13-14-15-16-17-18-20(22)19(2)21/h19,21H,3-18H2,1-2H3. The molecule has 22 heavy (non-hydrogen) atoms. The van der Waals surface area contributed by atoms with Crippen LogP contribution in [0.15, 0.2) is 0 Å². The molecule has 0 saturated carbocycles. The number of hydrogen-bond donors (Lipinski definition) is 1. The van der Waals surface area contributed by atoms with E-state index in [1.807, 2.05) is 0 Å². The Morgan fingerprint density at radius 3 is 1.32 bits per heavy atom. The van der Waals surface area contributed by atoms with Crippen LogP contribution in [0.5, 0.6) is 0 Å². The van der Waals surface area contributed by atoms with E-state index in [2.05, 4.69) is 6.92 Å². The third-order valence-electron chi connectivity index (χ3n) is 4.49. The van der Waals surface area contributed by atoms with E-state index >= 15 is 0 Å². The average Bonchev–Trinajstić information content (AvgIpc) is 2.50. The van der Waals surface area contributed by atoms with Crippen LogP contribution in [0.1, 0.15) is 117 Å². The fraction of sp³-hybridized carbons (Fsp3) is 0.950. The molecule has 0 heterocycles. The highest BCUT2D eigenvalue weighted by Crippen LogP contribution is 2.13. The van der Waals surface area contributed by atoms with Gasteiger partial charge in [0.15, 0.2) is 5.78 Å². The Labute approximate surface area is 139 Å². The van der Waals surface area contributed by atoms with E-state index in [0.717, 1.165) is 12.8 Å². The van der Waals surface area contributed by atoms with Gasteiger partial charge in [-0.25, -0.2) is 0 Å². The summed E-state index contributed by atoms with van der Waals surface area (Å²) in [5, 5.41) is 9.09. The SMILES string of the molecule is CCCCCCCCCCCCCCCCCC(=O)C(C)O. The van der Waals surface area contributed by atoms with Gasteiger partial charge >= 0.3 is 0 Å². The van der Waals surface area contributed by atoms with Crippen LogP contribution in [0.4, 0.5) is 0 Å². The Morgan fingerprint density at radius 1 is 0.682 bits per heavy atom. The summed E-state index contributed by atoms with van der Waals surface area (Å²) >= 11 is 0. The van der Waals surface area contributed by atoms with Crippen LogP contribution in [0, 0.1) is 0 Å². The summed E-state index contributed by atoms with van der Waals surface area (Å²) in [6, 6.07) is 0. The number of carbonyl (C=O) groups excluding carboxylic acids is 1. The molecule has 0 aromatic rings. The molecule has 1 N–H and O–H groups in total. The van der Waals surface area contributed by atoms with E-state index in [1.165, 1.54) is 83.5 Å². The van der Waals surface area contributed by atoms with Crippen LogP contribution in [-0.2, 0) is 4.79 Å². The Morgan fingerprint density at radius 2 is 1.00 bits per heavy atom.